The third-order valence-corrected chi connectivity index (χ3v) is 4.27. The van der Waals surface area contributed by atoms with E-state index >= 15 is 0 Å². The molecule has 8 nitrogen and oxygen atoms in total. The fourth-order valence-electron chi connectivity index (χ4n) is 2.87. The number of hydrogen-bond donors (Lipinski definition) is 2. The average Bonchev–Trinajstić information content (AvgIpc) is 3.19. The summed E-state index contributed by atoms with van der Waals surface area (Å²) in [6, 6.07) is 3.69. The van der Waals surface area contributed by atoms with E-state index in [1.165, 1.54) is 13.3 Å². The van der Waals surface area contributed by atoms with Crippen molar-refractivity contribution < 1.29 is 14.6 Å². The average molecular weight is 393 g/mol. The van der Waals surface area contributed by atoms with Gasteiger partial charge in [0.1, 0.15) is 29.3 Å². The molecule has 1 saturated carbocycles. The maximum atomic E-state index is 9.77. The minimum atomic E-state index is -1.12. The van der Waals surface area contributed by atoms with Gasteiger partial charge in [-0.2, -0.15) is 10.2 Å². The number of nitrogens with zero attached hydrogens (tertiary/aromatic N) is 4. The van der Waals surface area contributed by atoms with Crippen molar-refractivity contribution in [3.63, 3.8) is 0 Å². The smallest absolute Gasteiger partial charge is 0.253 e. The van der Waals surface area contributed by atoms with Crippen molar-refractivity contribution >= 4 is 11.6 Å². The molecule has 29 heavy (non-hydrogen) atoms. The normalized spacial score (nSPS) is 13.9. The van der Waals surface area contributed by atoms with Crippen molar-refractivity contribution in [3.8, 4) is 29.5 Å². The van der Waals surface area contributed by atoms with Gasteiger partial charge in [0.25, 0.3) is 5.88 Å². The van der Waals surface area contributed by atoms with Crippen molar-refractivity contribution in [3.05, 3.63) is 29.7 Å². The maximum absolute atomic E-state index is 9.77. The Labute approximate surface area is 169 Å². The van der Waals surface area contributed by atoms with E-state index in [2.05, 4.69) is 32.1 Å². The lowest BCUT2D eigenvalue weighted by Crippen LogP contribution is -2.14. The third kappa shape index (κ3) is 5.56. The molecule has 2 N–H and O–H groups in total. The Kier molecular flexibility index (Phi) is 6.16. The van der Waals surface area contributed by atoms with Gasteiger partial charge in [-0.25, -0.2) is 9.97 Å². The van der Waals surface area contributed by atoms with Gasteiger partial charge in [0.15, 0.2) is 5.82 Å². The lowest BCUT2D eigenvalue weighted by molar-refractivity contribution is 0.143. The standard InChI is InChI=1S/C21H23N5O3/c1-21(2,27)9-8-14-12-24-18(10-17(14)28-3)25-19-13-23-16(11-22)20(26-19)29-15-6-4-5-7-15/h10,12-13,15,27H,4-7H2,1-3H3,(H,24,25,26). The highest BCUT2D eigenvalue weighted by Gasteiger charge is 2.20. The van der Waals surface area contributed by atoms with Crippen LogP contribution in [0.1, 0.15) is 50.8 Å². The summed E-state index contributed by atoms with van der Waals surface area (Å²) in [4.78, 5) is 12.8. The van der Waals surface area contributed by atoms with Gasteiger partial charge in [0, 0.05) is 12.3 Å². The number of ether oxygens (including phenoxy) is 2. The Morgan fingerprint density at radius 2 is 1.97 bits per heavy atom. The van der Waals surface area contributed by atoms with Gasteiger partial charge >= 0.3 is 0 Å². The summed E-state index contributed by atoms with van der Waals surface area (Å²) in [6.07, 6.45) is 7.21. The lowest BCUT2D eigenvalue weighted by atomic mass is 10.1. The molecule has 2 heterocycles. The van der Waals surface area contributed by atoms with Gasteiger partial charge in [0.05, 0.1) is 18.9 Å². The highest BCUT2D eigenvalue weighted by molar-refractivity contribution is 5.58. The number of anilines is 2. The number of pyridine rings is 1. The van der Waals surface area contributed by atoms with Crippen LogP contribution < -0.4 is 14.8 Å². The summed E-state index contributed by atoms with van der Waals surface area (Å²) < 4.78 is 11.3. The minimum Gasteiger partial charge on any atom is -0.495 e. The quantitative estimate of drug-likeness (QED) is 0.746. The molecule has 0 unspecified atom stereocenters. The topological polar surface area (TPSA) is 113 Å². The first kappa shape index (κ1) is 20.4. The molecular weight excluding hydrogens is 370 g/mol. The molecule has 0 saturated heterocycles. The lowest BCUT2D eigenvalue weighted by Gasteiger charge is -2.14. The van der Waals surface area contributed by atoms with Crippen molar-refractivity contribution in [2.24, 2.45) is 0 Å². The van der Waals surface area contributed by atoms with Crippen molar-refractivity contribution in [1.29, 1.82) is 5.26 Å². The first-order chi connectivity index (χ1) is 13.9. The molecule has 2 aromatic rings. The zero-order chi connectivity index (χ0) is 20.9. The fourth-order valence-corrected chi connectivity index (χ4v) is 2.87. The van der Waals surface area contributed by atoms with Gasteiger partial charge < -0.3 is 19.9 Å². The first-order valence-electron chi connectivity index (χ1n) is 9.38. The molecule has 2 aromatic heterocycles. The van der Waals surface area contributed by atoms with Crippen LogP contribution in [0, 0.1) is 23.2 Å². The molecule has 150 valence electrons. The second kappa shape index (κ2) is 8.76. The van der Waals surface area contributed by atoms with Crippen LogP contribution in [-0.4, -0.2) is 38.9 Å². The molecular formula is C21H23N5O3. The van der Waals surface area contributed by atoms with Crippen LogP contribution in [0.2, 0.25) is 0 Å². The number of hydrogen-bond acceptors (Lipinski definition) is 8. The molecule has 3 rings (SSSR count). The summed E-state index contributed by atoms with van der Waals surface area (Å²) in [7, 11) is 1.53. The Hall–Kier alpha value is -3.36. The highest BCUT2D eigenvalue weighted by Crippen LogP contribution is 2.27. The van der Waals surface area contributed by atoms with Gasteiger partial charge in [-0.3, -0.25) is 0 Å². The van der Waals surface area contributed by atoms with Gasteiger partial charge in [0.2, 0.25) is 5.69 Å². The summed E-state index contributed by atoms with van der Waals surface area (Å²) in [6.45, 7) is 3.20. The van der Waals surface area contributed by atoms with Crippen LogP contribution in [-0.2, 0) is 0 Å². The van der Waals surface area contributed by atoms with E-state index in [-0.39, 0.29) is 17.7 Å². The highest BCUT2D eigenvalue weighted by atomic mass is 16.5. The first-order valence-corrected chi connectivity index (χ1v) is 9.38. The summed E-state index contributed by atoms with van der Waals surface area (Å²) in [5.41, 5.74) is -0.406. The zero-order valence-electron chi connectivity index (χ0n) is 16.7. The number of aliphatic hydroxyl groups is 1. The van der Waals surface area contributed by atoms with E-state index < -0.39 is 5.60 Å². The molecule has 0 bridgehead atoms. The van der Waals surface area contributed by atoms with E-state index in [4.69, 9.17) is 9.47 Å². The number of rotatable bonds is 5. The molecule has 1 aliphatic rings. The van der Waals surface area contributed by atoms with Crippen LogP contribution in [0.15, 0.2) is 18.5 Å². The molecule has 0 aliphatic heterocycles. The van der Waals surface area contributed by atoms with Gasteiger partial charge in [-0.1, -0.05) is 11.8 Å². The Balaban J connectivity index is 1.81. The zero-order valence-corrected chi connectivity index (χ0v) is 16.7. The van der Waals surface area contributed by atoms with Gasteiger partial charge in [-0.15, -0.1) is 0 Å². The number of methoxy groups -OCH3 is 1. The predicted octanol–water partition coefficient (Wildman–Crippen LogP) is 2.94. The minimum absolute atomic E-state index is 0.0681. The van der Waals surface area contributed by atoms with Crippen molar-refractivity contribution in [2.75, 3.05) is 12.4 Å². The molecule has 0 amide bonds. The van der Waals surface area contributed by atoms with E-state index in [1.807, 2.05) is 6.07 Å². The summed E-state index contributed by atoms with van der Waals surface area (Å²) in [5, 5.41) is 22.1. The molecule has 8 heteroatoms. The monoisotopic (exact) mass is 393 g/mol. The fraction of sp³-hybridized carbons (Fsp3) is 0.429. The van der Waals surface area contributed by atoms with Crippen molar-refractivity contribution in [2.45, 2.75) is 51.2 Å². The molecule has 1 aliphatic carbocycles. The van der Waals surface area contributed by atoms with Crippen LogP contribution in [0.4, 0.5) is 11.6 Å². The van der Waals surface area contributed by atoms with Crippen LogP contribution >= 0.6 is 0 Å². The Morgan fingerprint density at radius 1 is 1.21 bits per heavy atom. The molecule has 0 spiro atoms. The van der Waals surface area contributed by atoms with Gasteiger partial charge in [-0.05, 0) is 39.5 Å². The van der Waals surface area contributed by atoms with Crippen LogP contribution in [0.25, 0.3) is 0 Å². The third-order valence-electron chi connectivity index (χ3n) is 4.27. The summed E-state index contributed by atoms with van der Waals surface area (Å²) >= 11 is 0. The number of aromatic nitrogens is 3. The SMILES string of the molecule is COc1cc(Nc2cnc(C#N)c(OC3CCCC3)n2)ncc1C#CC(C)(C)O. The van der Waals surface area contributed by atoms with E-state index in [9.17, 15) is 10.4 Å². The molecule has 1 fully saturated rings. The van der Waals surface area contributed by atoms with Crippen LogP contribution in [0.5, 0.6) is 11.6 Å². The molecule has 0 atom stereocenters. The largest absolute Gasteiger partial charge is 0.495 e. The molecule has 0 aromatic carbocycles. The van der Waals surface area contributed by atoms with E-state index in [0.717, 1.165) is 25.7 Å². The Bertz CT molecular complexity index is 977. The second-order valence-corrected chi connectivity index (χ2v) is 7.25. The molecule has 0 radical (unpaired) electrons. The number of nitriles is 1. The Morgan fingerprint density at radius 3 is 2.62 bits per heavy atom. The summed E-state index contributed by atoms with van der Waals surface area (Å²) in [5.74, 6) is 7.20. The predicted molar refractivity (Wildman–Crippen MR) is 107 cm³/mol. The maximum Gasteiger partial charge on any atom is 0.253 e. The van der Waals surface area contributed by atoms with E-state index in [1.54, 1.807) is 26.1 Å². The number of nitrogens with one attached hydrogen (secondary N) is 1. The van der Waals surface area contributed by atoms with Crippen molar-refractivity contribution in [1.82, 2.24) is 15.0 Å². The van der Waals surface area contributed by atoms with E-state index in [0.29, 0.717) is 22.9 Å². The second-order valence-electron chi connectivity index (χ2n) is 7.25. The van der Waals surface area contributed by atoms with Crippen LogP contribution in [0.3, 0.4) is 0 Å².